The van der Waals surface area contributed by atoms with Crippen LogP contribution in [0.5, 0.6) is 23.0 Å². The summed E-state index contributed by atoms with van der Waals surface area (Å²) in [5.41, 5.74) is 10.2. The van der Waals surface area contributed by atoms with Crippen LogP contribution in [0.2, 0.25) is 0 Å². The highest BCUT2D eigenvalue weighted by Gasteiger charge is 2.55. The van der Waals surface area contributed by atoms with Crippen LogP contribution in [-0.4, -0.2) is 0 Å². The summed E-state index contributed by atoms with van der Waals surface area (Å²) in [7, 11) is 0. The van der Waals surface area contributed by atoms with Crippen LogP contribution in [0.4, 0.5) is 0 Å². The summed E-state index contributed by atoms with van der Waals surface area (Å²) in [5, 5.41) is 2.60. The molecule has 6 aromatic rings. The number of rotatable bonds is 5. The van der Waals surface area contributed by atoms with Crippen molar-refractivity contribution in [3.8, 4) is 23.0 Å². The van der Waals surface area contributed by atoms with Gasteiger partial charge < -0.3 is 9.47 Å². The average Bonchev–Trinajstić information content (AvgIpc) is 3.58. The predicted molar refractivity (Wildman–Crippen MR) is 235 cm³/mol. The first-order valence-electron chi connectivity index (χ1n) is 19.7. The fourth-order valence-electron chi connectivity index (χ4n) is 8.83. The molecule has 0 radical (unpaired) electrons. The second-order valence-electron chi connectivity index (χ2n) is 14.8. The van der Waals surface area contributed by atoms with Crippen LogP contribution in [0.25, 0.3) is 16.3 Å². The summed E-state index contributed by atoms with van der Waals surface area (Å²) >= 11 is 0. The van der Waals surface area contributed by atoms with Crippen molar-refractivity contribution in [3.05, 3.63) is 234 Å². The van der Waals surface area contributed by atoms with Gasteiger partial charge in [0.05, 0.1) is 5.41 Å². The average molecular weight is 729 g/mol. The fraction of sp³-hybridized carbons (Fsp3) is 0.148. The van der Waals surface area contributed by atoms with Gasteiger partial charge >= 0.3 is 0 Å². The van der Waals surface area contributed by atoms with Gasteiger partial charge in [0, 0.05) is 17.4 Å². The van der Waals surface area contributed by atoms with Gasteiger partial charge in [-0.05, 0) is 107 Å². The van der Waals surface area contributed by atoms with Crippen LogP contribution in [0.15, 0.2) is 201 Å². The fourth-order valence-corrected chi connectivity index (χ4v) is 8.83. The maximum absolute atomic E-state index is 6.62. The van der Waals surface area contributed by atoms with Crippen LogP contribution in [-0.2, 0) is 11.8 Å². The van der Waals surface area contributed by atoms with Gasteiger partial charge in [-0.3, -0.25) is 0 Å². The lowest BCUT2D eigenvalue weighted by Crippen LogP contribution is -2.35. The number of hydrogen-bond acceptors (Lipinski definition) is 2. The topological polar surface area (TPSA) is 18.5 Å². The molecule has 0 N–H and O–H groups in total. The Morgan fingerprint density at radius 2 is 1.45 bits per heavy atom. The van der Waals surface area contributed by atoms with Gasteiger partial charge in [-0.25, -0.2) is 0 Å². The van der Waals surface area contributed by atoms with E-state index in [9.17, 15) is 0 Å². The van der Waals surface area contributed by atoms with E-state index in [4.69, 9.17) is 9.47 Å². The van der Waals surface area contributed by atoms with Gasteiger partial charge in [0.15, 0.2) is 23.0 Å². The summed E-state index contributed by atoms with van der Waals surface area (Å²) in [6.07, 6.45) is 21.7. The summed E-state index contributed by atoms with van der Waals surface area (Å²) < 4.78 is 13.0. The molecule has 56 heavy (non-hydrogen) atoms. The number of allylic oxidation sites excluding steroid dienone is 10. The van der Waals surface area contributed by atoms with E-state index in [0.29, 0.717) is 0 Å². The summed E-state index contributed by atoms with van der Waals surface area (Å²) in [6.45, 7) is 10.3. The largest absolute Gasteiger partial charge is 0.449 e. The normalized spacial score (nSPS) is 19.7. The molecule has 1 heterocycles. The molecule has 4 aliphatic rings. The van der Waals surface area contributed by atoms with Crippen LogP contribution in [0.3, 0.4) is 0 Å². The maximum Gasteiger partial charge on any atom is 0.174 e. The molecule has 0 aromatic heterocycles. The van der Waals surface area contributed by atoms with Crippen molar-refractivity contribution in [1.82, 2.24) is 0 Å². The van der Waals surface area contributed by atoms with E-state index in [1.165, 1.54) is 49.7 Å². The second kappa shape index (κ2) is 16.2. The Morgan fingerprint density at radius 1 is 0.714 bits per heavy atom. The molecular weight excluding hydrogens is 681 g/mol. The van der Waals surface area contributed by atoms with Gasteiger partial charge in [0.2, 0.25) is 0 Å². The smallest absolute Gasteiger partial charge is 0.174 e. The maximum atomic E-state index is 6.62. The third-order valence-corrected chi connectivity index (χ3v) is 11.5. The predicted octanol–water partition coefficient (Wildman–Crippen LogP) is 14.6. The molecule has 3 unspecified atom stereocenters. The molecule has 276 valence electrons. The molecule has 1 aliphatic heterocycles. The van der Waals surface area contributed by atoms with Crippen molar-refractivity contribution in [1.29, 1.82) is 0 Å². The lowest BCUT2D eigenvalue weighted by atomic mass is 9.62. The lowest BCUT2D eigenvalue weighted by Gasteiger charge is -2.40. The Morgan fingerprint density at radius 3 is 2.23 bits per heavy atom. The quantitative estimate of drug-likeness (QED) is 0.164. The first-order valence-corrected chi connectivity index (χ1v) is 19.7. The van der Waals surface area contributed by atoms with Crippen LogP contribution < -0.4 is 9.47 Å². The zero-order valence-corrected chi connectivity index (χ0v) is 32.3. The van der Waals surface area contributed by atoms with E-state index < -0.39 is 0 Å². The van der Waals surface area contributed by atoms with Crippen molar-refractivity contribution < 1.29 is 9.47 Å². The monoisotopic (exact) mass is 728 g/mol. The first-order chi connectivity index (χ1) is 27.6. The van der Waals surface area contributed by atoms with Crippen molar-refractivity contribution in [2.45, 2.75) is 44.4 Å². The van der Waals surface area contributed by atoms with E-state index in [0.717, 1.165) is 47.8 Å². The van der Waals surface area contributed by atoms with Gasteiger partial charge in [-0.15, -0.1) is 13.2 Å². The Labute approximate surface area is 332 Å². The van der Waals surface area contributed by atoms with Gasteiger partial charge in [-0.2, -0.15) is 0 Å². The van der Waals surface area contributed by atoms with E-state index in [1.807, 2.05) is 12.1 Å². The molecule has 2 nitrogen and oxygen atoms in total. The van der Waals surface area contributed by atoms with Crippen molar-refractivity contribution in [3.63, 3.8) is 0 Å². The standard InChI is InChI=1S/C32H26O2.C20H18.C2H4/c1-21-16-18-27-29(20-21)33-28-19-17-26-30(31(28)34-27)24-14-8-9-15-25(24)32(26,22-10-4-2-5-11-22)23-12-6-3-7-13-23;1-16(11-12-17-7-3-2-4-8-17)19-14-13-18-9-5-6-10-20(18)15-19;1-2/h2,4-6,8-20,24-25H,3,7H2,1H3;2-11,13-15H,12H2,1H3;1-2H2/b;16-11+;. The molecule has 0 spiro atoms. The third-order valence-electron chi connectivity index (χ3n) is 11.5. The lowest BCUT2D eigenvalue weighted by molar-refractivity contribution is 0.354. The Balaban J connectivity index is 0.000000171. The first kappa shape index (κ1) is 36.6. The minimum atomic E-state index is -0.272. The van der Waals surface area contributed by atoms with E-state index in [2.05, 4.69) is 197 Å². The minimum Gasteiger partial charge on any atom is -0.449 e. The van der Waals surface area contributed by atoms with Crippen LogP contribution >= 0.6 is 0 Å². The summed E-state index contributed by atoms with van der Waals surface area (Å²) in [5.74, 6) is 3.71. The van der Waals surface area contributed by atoms with E-state index >= 15 is 0 Å². The number of ether oxygens (including phenoxy) is 2. The molecule has 2 heteroatoms. The number of hydrogen-bond donors (Lipinski definition) is 0. The van der Waals surface area contributed by atoms with Crippen molar-refractivity contribution in [2.75, 3.05) is 0 Å². The molecule has 10 rings (SSSR count). The Bertz CT molecular complexity index is 2520. The van der Waals surface area contributed by atoms with Gasteiger partial charge in [-0.1, -0.05) is 158 Å². The zero-order chi connectivity index (χ0) is 38.5. The Kier molecular flexibility index (Phi) is 10.6. The van der Waals surface area contributed by atoms with E-state index in [1.54, 1.807) is 0 Å². The zero-order valence-electron chi connectivity index (χ0n) is 32.3. The number of benzene rings is 6. The summed E-state index contributed by atoms with van der Waals surface area (Å²) in [6, 6.07) is 47.3. The van der Waals surface area contributed by atoms with Gasteiger partial charge in [0.1, 0.15) is 0 Å². The van der Waals surface area contributed by atoms with Crippen molar-refractivity contribution >= 4 is 16.3 Å². The van der Waals surface area contributed by atoms with Crippen LogP contribution in [0.1, 0.15) is 59.1 Å². The molecule has 0 saturated heterocycles. The molecule has 3 atom stereocenters. The number of fused-ring (bicyclic) bond motifs is 7. The highest BCUT2D eigenvalue weighted by Crippen LogP contribution is 2.64. The number of aryl methyl sites for hydroxylation is 1. The summed E-state index contributed by atoms with van der Waals surface area (Å²) in [4.78, 5) is 0. The highest BCUT2D eigenvalue weighted by atomic mass is 16.6. The van der Waals surface area contributed by atoms with Crippen molar-refractivity contribution in [2.24, 2.45) is 5.92 Å². The van der Waals surface area contributed by atoms with E-state index in [-0.39, 0.29) is 17.3 Å². The molecule has 0 amide bonds. The third kappa shape index (κ3) is 6.77. The van der Waals surface area contributed by atoms with Crippen LogP contribution in [0, 0.1) is 12.8 Å². The molecule has 3 aliphatic carbocycles. The second-order valence-corrected chi connectivity index (χ2v) is 14.8. The van der Waals surface area contributed by atoms with Gasteiger partial charge in [0.25, 0.3) is 0 Å². The Hall–Kier alpha value is -6.38. The molecule has 6 aromatic carbocycles. The highest BCUT2D eigenvalue weighted by molar-refractivity contribution is 5.86. The molecule has 0 saturated carbocycles. The molecule has 0 bridgehead atoms. The minimum absolute atomic E-state index is 0.210. The molecule has 0 fully saturated rings. The SMILES string of the molecule is C/C(=C\Cc1ccccc1)c1ccc2ccccc2c1.C=C.Cc1ccc2c(c1)Oc1ccc3c(c1O2)C1C=CC=CC1C3(C1=CCCC=C1)c1ccccc1. The molecular formula is C54H48O2.